The lowest BCUT2D eigenvalue weighted by Gasteiger charge is -2.11. The van der Waals surface area contributed by atoms with Gasteiger partial charge >= 0.3 is 0 Å². The molecule has 21 heavy (non-hydrogen) atoms. The van der Waals surface area contributed by atoms with E-state index in [1.54, 1.807) is 22.9 Å². The zero-order chi connectivity index (χ0) is 15.6. The molecule has 1 aromatic carbocycles. The van der Waals surface area contributed by atoms with Crippen molar-refractivity contribution in [3.63, 3.8) is 0 Å². The number of aryl methyl sites for hydroxylation is 1. The van der Waals surface area contributed by atoms with E-state index in [9.17, 15) is 9.59 Å². The highest BCUT2D eigenvalue weighted by Gasteiger charge is 2.17. The Hall–Kier alpha value is -1.88. The molecule has 0 aliphatic rings. The van der Waals surface area contributed by atoms with E-state index in [-0.39, 0.29) is 5.69 Å². The molecule has 0 aliphatic heterocycles. The first-order valence-electron chi connectivity index (χ1n) is 6.92. The number of nitrogens with one attached hydrogen (secondary N) is 1. The Morgan fingerprint density at radius 2 is 2.14 bits per heavy atom. The van der Waals surface area contributed by atoms with Crippen LogP contribution in [0, 0.1) is 5.92 Å². The summed E-state index contributed by atoms with van der Waals surface area (Å²) in [5, 5.41) is 7.77. The van der Waals surface area contributed by atoms with E-state index in [4.69, 9.17) is 11.6 Å². The SMILES string of the molecule is CCn1nc(C(=O)NCC(C)C)c(=O)c2cc(Cl)ccc21. The summed E-state index contributed by atoms with van der Waals surface area (Å²) in [6, 6.07) is 5.02. The van der Waals surface area contributed by atoms with E-state index in [1.807, 2.05) is 20.8 Å². The predicted octanol–water partition coefficient (Wildman–Crippen LogP) is 2.46. The van der Waals surface area contributed by atoms with Crippen molar-refractivity contribution in [2.45, 2.75) is 27.3 Å². The fourth-order valence-corrected chi connectivity index (χ4v) is 2.20. The maximum absolute atomic E-state index is 12.4. The van der Waals surface area contributed by atoms with Gasteiger partial charge in [0.2, 0.25) is 5.43 Å². The largest absolute Gasteiger partial charge is 0.350 e. The highest BCUT2D eigenvalue weighted by Crippen LogP contribution is 2.16. The van der Waals surface area contributed by atoms with Crippen molar-refractivity contribution in [2.75, 3.05) is 6.54 Å². The van der Waals surface area contributed by atoms with Gasteiger partial charge in [-0.05, 0) is 31.0 Å². The minimum absolute atomic E-state index is 0.0905. The minimum atomic E-state index is -0.447. The van der Waals surface area contributed by atoms with Crippen LogP contribution in [-0.4, -0.2) is 22.2 Å². The second-order valence-corrected chi connectivity index (χ2v) is 5.70. The Balaban J connectivity index is 2.57. The molecule has 0 saturated carbocycles. The molecule has 112 valence electrons. The van der Waals surface area contributed by atoms with Gasteiger partial charge in [-0.25, -0.2) is 0 Å². The summed E-state index contributed by atoms with van der Waals surface area (Å²) in [4.78, 5) is 24.6. The number of rotatable bonds is 4. The van der Waals surface area contributed by atoms with Crippen molar-refractivity contribution < 1.29 is 4.79 Å². The van der Waals surface area contributed by atoms with Gasteiger partial charge in [-0.15, -0.1) is 0 Å². The maximum Gasteiger partial charge on any atom is 0.275 e. The summed E-state index contributed by atoms with van der Waals surface area (Å²) in [7, 11) is 0. The Morgan fingerprint density at radius 3 is 2.76 bits per heavy atom. The summed E-state index contributed by atoms with van der Waals surface area (Å²) < 4.78 is 1.64. The predicted molar refractivity (Wildman–Crippen MR) is 83.9 cm³/mol. The number of hydrogen-bond acceptors (Lipinski definition) is 3. The van der Waals surface area contributed by atoms with Gasteiger partial charge in [-0.2, -0.15) is 5.10 Å². The van der Waals surface area contributed by atoms with Crippen molar-refractivity contribution in [1.29, 1.82) is 0 Å². The number of benzene rings is 1. The fourth-order valence-electron chi connectivity index (χ4n) is 2.03. The van der Waals surface area contributed by atoms with Crippen LogP contribution in [-0.2, 0) is 6.54 Å². The lowest BCUT2D eigenvalue weighted by molar-refractivity contribution is 0.0941. The molecule has 1 amide bonds. The number of fused-ring (bicyclic) bond motifs is 1. The summed E-state index contributed by atoms with van der Waals surface area (Å²) >= 11 is 5.95. The monoisotopic (exact) mass is 307 g/mol. The number of amides is 1. The van der Waals surface area contributed by atoms with E-state index in [1.165, 1.54) is 0 Å². The number of nitrogens with zero attached hydrogens (tertiary/aromatic N) is 2. The summed E-state index contributed by atoms with van der Waals surface area (Å²) in [5.74, 6) is -0.143. The number of hydrogen-bond donors (Lipinski definition) is 1. The lowest BCUT2D eigenvalue weighted by Crippen LogP contribution is -2.34. The second kappa shape index (κ2) is 6.26. The normalized spacial score (nSPS) is 11.1. The molecule has 0 bridgehead atoms. The summed E-state index contributed by atoms with van der Waals surface area (Å²) in [6.45, 7) is 6.93. The molecule has 0 aliphatic carbocycles. The Morgan fingerprint density at radius 1 is 1.43 bits per heavy atom. The van der Waals surface area contributed by atoms with Crippen LogP contribution in [0.25, 0.3) is 10.9 Å². The van der Waals surface area contributed by atoms with Crippen molar-refractivity contribution in [3.05, 3.63) is 39.1 Å². The van der Waals surface area contributed by atoms with E-state index < -0.39 is 11.3 Å². The van der Waals surface area contributed by atoms with Crippen LogP contribution in [0.4, 0.5) is 0 Å². The highest BCUT2D eigenvalue weighted by molar-refractivity contribution is 6.31. The number of aromatic nitrogens is 2. The zero-order valence-corrected chi connectivity index (χ0v) is 13.1. The minimum Gasteiger partial charge on any atom is -0.350 e. The molecule has 6 heteroatoms. The van der Waals surface area contributed by atoms with Crippen LogP contribution < -0.4 is 10.7 Å². The second-order valence-electron chi connectivity index (χ2n) is 5.26. The molecule has 2 rings (SSSR count). The van der Waals surface area contributed by atoms with Crippen molar-refractivity contribution >= 4 is 28.4 Å². The van der Waals surface area contributed by atoms with Crippen LogP contribution in [0.15, 0.2) is 23.0 Å². The maximum atomic E-state index is 12.4. The van der Waals surface area contributed by atoms with Crippen molar-refractivity contribution in [1.82, 2.24) is 15.1 Å². The Kier molecular flexibility index (Phi) is 4.63. The first-order valence-corrected chi connectivity index (χ1v) is 7.30. The van der Waals surface area contributed by atoms with Gasteiger partial charge < -0.3 is 5.32 Å². The molecule has 1 aromatic heterocycles. The van der Waals surface area contributed by atoms with E-state index >= 15 is 0 Å². The third-order valence-electron chi connectivity index (χ3n) is 3.10. The number of halogens is 1. The van der Waals surface area contributed by atoms with Gasteiger partial charge in [0.25, 0.3) is 5.91 Å². The van der Waals surface area contributed by atoms with Gasteiger partial charge in [0.15, 0.2) is 5.69 Å². The lowest BCUT2D eigenvalue weighted by atomic mass is 10.2. The van der Waals surface area contributed by atoms with E-state index in [0.717, 1.165) is 0 Å². The summed E-state index contributed by atoms with van der Waals surface area (Å²) in [6.07, 6.45) is 0. The van der Waals surface area contributed by atoms with E-state index in [2.05, 4.69) is 10.4 Å². The molecule has 1 N–H and O–H groups in total. The first kappa shape index (κ1) is 15.5. The standard InChI is InChI=1S/C15H18ClN3O2/c1-4-19-12-6-5-10(16)7-11(12)14(20)13(18-19)15(21)17-8-9(2)3/h5-7,9H,4,8H2,1-3H3,(H,17,21). The molecule has 0 saturated heterocycles. The molecule has 0 unspecified atom stereocenters. The van der Waals surface area contributed by atoms with Crippen LogP contribution in [0.2, 0.25) is 5.02 Å². The summed E-state index contributed by atoms with van der Waals surface area (Å²) in [5.41, 5.74) is 0.193. The molecule has 0 atom stereocenters. The number of carbonyl (C=O) groups excluding carboxylic acids is 1. The average molecular weight is 308 g/mol. The molecule has 0 fully saturated rings. The van der Waals surface area contributed by atoms with Crippen molar-refractivity contribution in [2.24, 2.45) is 5.92 Å². The highest BCUT2D eigenvalue weighted by atomic mass is 35.5. The first-order chi connectivity index (χ1) is 9.93. The topological polar surface area (TPSA) is 64.0 Å². The molecule has 0 radical (unpaired) electrons. The van der Waals surface area contributed by atoms with E-state index in [0.29, 0.717) is 34.9 Å². The smallest absolute Gasteiger partial charge is 0.275 e. The van der Waals surface area contributed by atoms with Gasteiger partial charge in [-0.1, -0.05) is 25.4 Å². The van der Waals surface area contributed by atoms with Crippen LogP contribution >= 0.6 is 11.6 Å². The van der Waals surface area contributed by atoms with Gasteiger partial charge in [0.1, 0.15) is 0 Å². The third kappa shape index (κ3) is 3.24. The molecule has 1 heterocycles. The van der Waals surface area contributed by atoms with Crippen molar-refractivity contribution in [3.8, 4) is 0 Å². The van der Waals surface area contributed by atoms with Gasteiger partial charge in [0, 0.05) is 18.1 Å². The molecule has 2 aromatic rings. The molecular weight excluding hydrogens is 290 g/mol. The molecular formula is C15H18ClN3O2. The molecule has 0 spiro atoms. The Bertz CT molecular complexity index is 738. The number of carbonyl (C=O) groups is 1. The van der Waals surface area contributed by atoms with Gasteiger partial charge in [0.05, 0.1) is 10.9 Å². The fraction of sp³-hybridized carbons (Fsp3) is 0.400. The Labute approximate surface area is 127 Å². The van der Waals surface area contributed by atoms with Crippen LogP contribution in [0.5, 0.6) is 0 Å². The van der Waals surface area contributed by atoms with Crippen LogP contribution in [0.3, 0.4) is 0 Å². The zero-order valence-electron chi connectivity index (χ0n) is 12.3. The molecule has 5 nitrogen and oxygen atoms in total. The quantitative estimate of drug-likeness (QED) is 0.943. The van der Waals surface area contributed by atoms with Crippen LogP contribution in [0.1, 0.15) is 31.3 Å². The average Bonchev–Trinajstić information content (AvgIpc) is 2.45. The van der Waals surface area contributed by atoms with Gasteiger partial charge in [-0.3, -0.25) is 14.3 Å². The third-order valence-corrected chi connectivity index (χ3v) is 3.34.